The van der Waals surface area contributed by atoms with Crippen LogP contribution in [0, 0.1) is 5.92 Å². The summed E-state index contributed by atoms with van der Waals surface area (Å²) < 4.78 is 12.9. The van der Waals surface area contributed by atoms with Gasteiger partial charge in [-0.05, 0) is 37.1 Å². The zero-order valence-electron chi connectivity index (χ0n) is 11.2. The summed E-state index contributed by atoms with van der Waals surface area (Å²) in [6, 6.07) is 8.60. The Balaban J connectivity index is 1.87. The average Bonchev–Trinajstić information content (AvgIpc) is 2.72. The van der Waals surface area contributed by atoms with Crippen LogP contribution in [-0.2, 0) is 4.74 Å². The molecule has 3 unspecified atom stereocenters. The lowest BCUT2D eigenvalue weighted by Gasteiger charge is -2.15. The molecule has 1 fully saturated rings. The van der Waals surface area contributed by atoms with Gasteiger partial charge < -0.3 is 14.5 Å². The minimum Gasteiger partial charge on any atom is -0.458 e. The lowest BCUT2D eigenvalue weighted by atomic mass is 10.1. The number of rotatable bonds is 1. The predicted octanol–water partition coefficient (Wildman–Crippen LogP) is 3.88. The largest absolute Gasteiger partial charge is 0.458 e. The predicted molar refractivity (Wildman–Crippen MR) is 79.2 cm³/mol. The van der Waals surface area contributed by atoms with Crippen LogP contribution >= 0.6 is 15.9 Å². The smallest absolute Gasteiger partial charge is 0.135 e. The van der Waals surface area contributed by atoms with Crippen LogP contribution in [0.3, 0.4) is 0 Å². The number of fused-ring (bicyclic) bond motifs is 1. The molecule has 2 heterocycles. The molecule has 1 aliphatic rings. The first-order valence-electron chi connectivity index (χ1n) is 6.67. The van der Waals surface area contributed by atoms with Crippen LogP contribution in [0.2, 0.25) is 0 Å². The van der Waals surface area contributed by atoms with Crippen molar-refractivity contribution in [2.45, 2.75) is 26.0 Å². The Morgan fingerprint density at radius 1 is 1.26 bits per heavy atom. The van der Waals surface area contributed by atoms with Gasteiger partial charge in [-0.1, -0.05) is 22.9 Å². The summed E-state index contributed by atoms with van der Waals surface area (Å²) in [6.07, 6.45) is -0.00132. The molecule has 2 aromatic rings. The van der Waals surface area contributed by atoms with Crippen molar-refractivity contribution in [3.63, 3.8) is 0 Å². The van der Waals surface area contributed by atoms with E-state index >= 15 is 0 Å². The third-order valence-corrected chi connectivity index (χ3v) is 4.35. The summed E-state index contributed by atoms with van der Waals surface area (Å²) in [4.78, 5) is 0. The summed E-state index contributed by atoms with van der Waals surface area (Å²) in [5.41, 5.74) is 0.909. The maximum atomic E-state index is 5.96. The fourth-order valence-corrected chi connectivity index (χ4v) is 2.72. The molecule has 1 N–H and O–H groups in total. The molecule has 1 aromatic heterocycles. The monoisotopic (exact) mass is 323 g/mol. The number of hydrogen-bond donors (Lipinski definition) is 1. The van der Waals surface area contributed by atoms with Crippen molar-refractivity contribution >= 4 is 26.9 Å². The van der Waals surface area contributed by atoms with Gasteiger partial charge in [0.2, 0.25) is 0 Å². The van der Waals surface area contributed by atoms with Crippen molar-refractivity contribution in [3.05, 3.63) is 34.5 Å². The van der Waals surface area contributed by atoms with E-state index in [1.165, 1.54) is 0 Å². The Hall–Kier alpha value is -0.840. The number of halogens is 1. The van der Waals surface area contributed by atoms with Gasteiger partial charge in [-0.25, -0.2) is 0 Å². The van der Waals surface area contributed by atoms with E-state index < -0.39 is 0 Å². The van der Waals surface area contributed by atoms with E-state index in [4.69, 9.17) is 9.15 Å². The standard InChI is InChI=1S/C15H18BrNO2/c1-9-8-18-15(7-17-10(9)2)14-6-11-5-12(16)3-4-13(11)19-14/h3-6,9-10,15,17H,7-8H2,1-2H3. The quantitative estimate of drug-likeness (QED) is 0.864. The van der Waals surface area contributed by atoms with Crippen LogP contribution in [0.25, 0.3) is 11.0 Å². The Bertz CT molecular complexity index is 569. The SMILES string of the molecule is CC1COC(c2cc3cc(Br)ccc3o2)CNC1C. The summed E-state index contributed by atoms with van der Waals surface area (Å²) >= 11 is 3.48. The lowest BCUT2D eigenvalue weighted by molar-refractivity contribution is 0.0370. The second kappa shape index (κ2) is 5.27. The third kappa shape index (κ3) is 2.71. The van der Waals surface area contributed by atoms with Gasteiger partial charge in [-0.3, -0.25) is 0 Å². The Kier molecular flexibility index (Phi) is 3.65. The molecule has 102 valence electrons. The van der Waals surface area contributed by atoms with Gasteiger partial charge in [0.15, 0.2) is 0 Å². The molecule has 0 spiro atoms. The molecule has 3 rings (SSSR count). The highest BCUT2D eigenvalue weighted by Gasteiger charge is 2.24. The van der Waals surface area contributed by atoms with Crippen LogP contribution in [0.15, 0.2) is 33.2 Å². The molecular formula is C15H18BrNO2. The Morgan fingerprint density at radius 2 is 2.11 bits per heavy atom. The first kappa shape index (κ1) is 13.2. The molecule has 0 aliphatic carbocycles. The summed E-state index contributed by atoms with van der Waals surface area (Å²) in [5.74, 6) is 1.42. The van der Waals surface area contributed by atoms with Gasteiger partial charge in [0, 0.05) is 22.4 Å². The second-order valence-electron chi connectivity index (χ2n) is 5.33. The van der Waals surface area contributed by atoms with Crippen LogP contribution < -0.4 is 5.32 Å². The molecule has 0 radical (unpaired) electrons. The third-order valence-electron chi connectivity index (χ3n) is 3.85. The fourth-order valence-electron chi connectivity index (χ4n) is 2.34. The fraction of sp³-hybridized carbons (Fsp3) is 0.467. The van der Waals surface area contributed by atoms with Gasteiger partial charge in [0.05, 0.1) is 6.61 Å². The molecule has 1 saturated heterocycles. The number of hydrogen-bond acceptors (Lipinski definition) is 3. The van der Waals surface area contributed by atoms with E-state index in [1.54, 1.807) is 0 Å². The van der Waals surface area contributed by atoms with Crippen molar-refractivity contribution in [1.82, 2.24) is 5.32 Å². The van der Waals surface area contributed by atoms with Gasteiger partial charge in [0.1, 0.15) is 17.4 Å². The first-order valence-corrected chi connectivity index (χ1v) is 7.47. The van der Waals surface area contributed by atoms with E-state index in [-0.39, 0.29) is 6.10 Å². The zero-order valence-corrected chi connectivity index (χ0v) is 12.7. The molecule has 1 aromatic carbocycles. The van der Waals surface area contributed by atoms with E-state index in [9.17, 15) is 0 Å². The summed E-state index contributed by atoms with van der Waals surface area (Å²) in [7, 11) is 0. The number of benzene rings is 1. The van der Waals surface area contributed by atoms with Gasteiger partial charge in [-0.2, -0.15) is 0 Å². The minimum atomic E-state index is -0.00132. The Morgan fingerprint density at radius 3 is 2.95 bits per heavy atom. The average molecular weight is 324 g/mol. The first-order chi connectivity index (χ1) is 9.13. The molecular weight excluding hydrogens is 306 g/mol. The van der Waals surface area contributed by atoms with Crippen molar-refractivity contribution in [2.24, 2.45) is 5.92 Å². The molecule has 3 nitrogen and oxygen atoms in total. The van der Waals surface area contributed by atoms with Crippen LogP contribution in [0.4, 0.5) is 0 Å². The van der Waals surface area contributed by atoms with E-state index in [0.29, 0.717) is 12.0 Å². The molecule has 4 heteroatoms. The Labute approximate surface area is 121 Å². The molecule has 0 bridgehead atoms. The normalized spacial score (nSPS) is 28.5. The number of nitrogens with one attached hydrogen (secondary N) is 1. The van der Waals surface area contributed by atoms with Gasteiger partial charge in [0.25, 0.3) is 0 Å². The molecule has 0 amide bonds. The van der Waals surface area contributed by atoms with Crippen LogP contribution in [-0.4, -0.2) is 19.2 Å². The van der Waals surface area contributed by atoms with Crippen LogP contribution in [0.5, 0.6) is 0 Å². The highest BCUT2D eigenvalue weighted by molar-refractivity contribution is 9.10. The number of ether oxygens (including phenoxy) is 1. The lowest BCUT2D eigenvalue weighted by Crippen LogP contribution is -2.32. The minimum absolute atomic E-state index is 0.00132. The van der Waals surface area contributed by atoms with Crippen molar-refractivity contribution in [2.75, 3.05) is 13.2 Å². The number of furan rings is 1. The topological polar surface area (TPSA) is 34.4 Å². The van der Waals surface area contributed by atoms with Gasteiger partial charge in [-0.15, -0.1) is 0 Å². The van der Waals surface area contributed by atoms with Crippen molar-refractivity contribution < 1.29 is 9.15 Å². The van der Waals surface area contributed by atoms with Crippen LogP contribution in [0.1, 0.15) is 25.7 Å². The molecule has 3 atom stereocenters. The van der Waals surface area contributed by atoms with E-state index in [1.807, 2.05) is 12.1 Å². The highest BCUT2D eigenvalue weighted by Crippen LogP contribution is 2.29. The summed E-state index contributed by atoms with van der Waals surface area (Å²) in [5, 5.41) is 4.61. The van der Waals surface area contributed by atoms with Crippen molar-refractivity contribution in [1.29, 1.82) is 0 Å². The highest BCUT2D eigenvalue weighted by atomic mass is 79.9. The summed E-state index contributed by atoms with van der Waals surface area (Å²) in [6.45, 7) is 5.97. The van der Waals surface area contributed by atoms with E-state index in [0.717, 1.165) is 34.4 Å². The molecule has 19 heavy (non-hydrogen) atoms. The second-order valence-corrected chi connectivity index (χ2v) is 6.24. The maximum absolute atomic E-state index is 5.96. The molecule has 0 saturated carbocycles. The van der Waals surface area contributed by atoms with Crippen molar-refractivity contribution in [3.8, 4) is 0 Å². The molecule has 1 aliphatic heterocycles. The van der Waals surface area contributed by atoms with Gasteiger partial charge >= 0.3 is 0 Å². The maximum Gasteiger partial charge on any atom is 0.135 e. The van der Waals surface area contributed by atoms with E-state index in [2.05, 4.69) is 47.2 Å². The zero-order chi connectivity index (χ0) is 13.4.